The smallest absolute Gasteiger partial charge is 0.276 e. The van der Waals surface area contributed by atoms with Crippen molar-refractivity contribution in [2.75, 3.05) is 11.9 Å². The molecule has 8 nitrogen and oxygen atoms in total. The minimum absolute atomic E-state index is 0.0337. The fourth-order valence-electron chi connectivity index (χ4n) is 4.53. The summed E-state index contributed by atoms with van der Waals surface area (Å²) in [6, 6.07) is 19.4. The van der Waals surface area contributed by atoms with E-state index in [0.717, 1.165) is 24.1 Å². The Morgan fingerprint density at radius 1 is 1.00 bits per heavy atom. The number of carbonyl (C=O) groups is 3. The number of aromatic nitrogens is 2. The number of nitrogens with zero attached hydrogens (tertiary/aromatic N) is 3. The number of anilines is 1. The molecule has 1 unspecified atom stereocenters. The summed E-state index contributed by atoms with van der Waals surface area (Å²) in [5, 5.41) is 10.3. The van der Waals surface area contributed by atoms with Crippen LogP contribution in [0.2, 0.25) is 0 Å². The Hall–Kier alpha value is -3.94. The van der Waals surface area contributed by atoms with Crippen LogP contribution in [0.3, 0.4) is 0 Å². The minimum atomic E-state index is -0.295. The first-order valence-electron chi connectivity index (χ1n) is 12.4. The first kappa shape index (κ1) is 25.2. The molecule has 4 rings (SSSR count). The zero-order valence-electron chi connectivity index (χ0n) is 20.9. The van der Waals surface area contributed by atoms with Gasteiger partial charge in [0.1, 0.15) is 0 Å². The van der Waals surface area contributed by atoms with E-state index in [1.807, 2.05) is 62.5 Å². The molecule has 3 aromatic rings. The van der Waals surface area contributed by atoms with Crippen molar-refractivity contribution in [1.82, 2.24) is 20.0 Å². The highest BCUT2D eigenvalue weighted by Gasteiger charge is 2.29. The van der Waals surface area contributed by atoms with E-state index >= 15 is 0 Å². The molecule has 2 heterocycles. The van der Waals surface area contributed by atoms with Gasteiger partial charge in [-0.2, -0.15) is 5.10 Å². The summed E-state index contributed by atoms with van der Waals surface area (Å²) in [7, 11) is 1.82. The molecular formula is C28H33N5O3. The lowest BCUT2D eigenvalue weighted by atomic mass is 10.0. The van der Waals surface area contributed by atoms with Crippen molar-refractivity contribution in [3.63, 3.8) is 0 Å². The quantitative estimate of drug-likeness (QED) is 0.483. The Bertz CT molecular complexity index is 1210. The molecule has 8 heteroatoms. The van der Waals surface area contributed by atoms with Crippen LogP contribution < -0.4 is 10.6 Å². The van der Waals surface area contributed by atoms with Crippen LogP contribution in [0.5, 0.6) is 0 Å². The molecule has 0 radical (unpaired) electrons. The van der Waals surface area contributed by atoms with Gasteiger partial charge in [-0.15, -0.1) is 0 Å². The van der Waals surface area contributed by atoms with Gasteiger partial charge in [-0.1, -0.05) is 48.5 Å². The second kappa shape index (κ2) is 11.7. The molecule has 36 heavy (non-hydrogen) atoms. The molecule has 2 aromatic carbocycles. The summed E-state index contributed by atoms with van der Waals surface area (Å²) in [6.45, 7) is 2.84. The summed E-state index contributed by atoms with van der Waals surface area (Å²) >= 11 is 0. The molecule has 188 valence electrons. The van der Waals surface area contributed by atoms with Gasteiger partial charge in [0.2, 0.25) is 11.8 Å². The molecule has 1 aromatic heterocycles. The maximum absolute atomic E-state index is 12.9. The fraction of sp³-hybridized carbons (Fsp3) is 0.357. The van der Waals surface area contributed by atoms with E-state index in [1.165, 1.54) is 5.56 Å². The van der Waals surface area contributed by atoms with E-state index in [1.54, 1.807) is 9.58 Å². The first-order valence-corrected chi connectivity index (χ1v) is 12.4. The second-order valence-electron chi connectivity index (χ2n) is 9.28. The number of nitrogens with one attached hydrogen (secondary N) is 2. The SMILES string of the molecule is CC(CCc1ccccc1)NC(=O)CCC(=O)N1CCc2c(c(C(=O)Nc3ccccc3)nn2C)C1. The van der Waals surface area contributed by atoms with E-state index in [0.29, 0.717) is 30.9 Å². The van der Waals surface area contributed by atoms with Crippen molar-refractivity contribution in [2.24, 2.45) is 7.05 Å². The zero-order valence-corrected chi connectivity index (χ0v) is 20.9. The van der Waals surface area contributed by atoms with Gasteiger partial charge in [-0.05, 0) is 37.5 Å². The number of benzene rings is 2. The largest absolute Gasteiger partial charge is 0.354 e. The lowest BCUT2D eigenvalue weighted by Gasteiger charge is -2.27. The number of rotatable bonds is 9. The van der Waals surface area contributed by atoms with Gasteiger partial charge in [-0.3, -0.25) is 19.1 Å². The summed E-state index contributed by atoms with van der Waals surface area (Å²) in [6.07, 6.45) is 2.63. The number of hydrogen-bond donors (Lipinski definition) is 2. The van der Waals surface area contributed by atoms with Crippen LogP contribution in [0.15, 0.2) is 60.7 Å². The maximum Gasteiger partial charge on any atom is 0.276 e. The van der Waals surface area contributed by atoms with Gasteiger partial charge >= 0.3 is 0 Å². The third kappa shape index (κ3) is 6.38. The molecule has 0 saturated carbocycles. The van der Waals surface area contributed by atoms with Crippen LogP contribution in [0.1, 0.15) is 53.5 Å². The van der Waals surface area contributed by atoms with Gasteiger partial charge in [0.05, 0.1) is 0 Å². The topological polar surface area (TPSA) is 96.3 Å². The van der Waals surface area contributed by atoms with Crippen molar-refractivity contribution in [3.8, 4) is 0 Å². The summed E-state index contributed by atoms with van der Waals surface area (Å²) in [4.78, 5) is 39.9. The highest BCUT2D eigenvalue weighted by atomic mass is 16.2. The van der Waals surface area contributed by atoms with Gasteiger partial charge in [-0.25, -0.2) is 0 Å². The van der Waals surface area contributed by atoms with Crippen molar-refractivity contribution in [3.05, 3.63) is 83.2 Å². The van der Waals surface area contributed by atoms with Crippen molar-refractivity contribution in [1.29, 1.82) is 0 Å². The molecule has 0 fully saturated rings. The lowest BCUT2D eigenvalue weighted by Crippen LogP contribution is -2.38. The predicted molar refractivity (Wildman–Crippen MR) is 138 cm³/mol. The van der Waals surface area contributed by atoms with Gasteiger partial charge in [0.25, 0.3) is 5.91 Å². The minimum Gasteiger partial charge on any atom is -0.354 e. The Balaban J connectivity index is 1.28. The number of aryl methyl sites for hydroxylation is 2. The molecule has 0 saturated heterocycles. The number of amides is 3. The maximum atomic E-state index is 12.9. The first-order chi connectivity index (χ1) is 17.4. The van der Waals surface area contributed by atoms with Gasteiger partial charge < -0.3 is 15.5 Å². The van der Waals surface area contributed by atoms with Gasteiger partial charge in [0, 0.05) is 62.4 Å². The molecule has 0 aliphatic carbocycles. The third-order valence-electron chi connectivity index (χ3n) is 6.52. The Morgan fingerprint density at radius 2 is 1.69 bits per heavy atom. The van der Waals surface area contributed by atoms with Crippen LogP contribution >= 0.6 is 0 Å². The van der Waals surface area contributed by atoms with E-state index < -0.39 is 0 Å². The van der Waals surface area contributed by atoms with Crippen LogP contribution in [0, 0.1) is 0 Å². The molecule has 1 aliphatic heterocycles. The van der Waals surface area contributed by atoms with Crippen LogP contribution in [0.25, 0.3) is 0 Å². The number of hydrogen-bond acceptors (Lipinski definition) is 4. The monoisotopic (exact) mass is 487 g/mol. The average molecular weight is 488 g/mol. The average Bonchev–Trinajstić information content (AvgIpc) is 3.23. The Kier molecular flexibility index (Phi) is 8.15. The number of fused-ring (bicyclic) bond motifs is 1. The third-order valence-corrected chi connectivity index (χ3v) is 6.52. The molecule has 0 bridgehead atoms. The van der Waals surface area contributed by atoms with Crippen molar-refractivity contribution < 1.29 is 14.4 Å². The van der Waals surface area contributed by atoms with Crippen molar-refractivity contribution >= 4 is 23.4 Å². The standard InChI is InChI=1S/C28H33N5O3/c1-20(13-14-21-9-5-3-6-10-21)29-25(34)15-16-26(35)33-18-17-24-23(19-33)27(31-32(24)2)28(36)30-22-11-7-4-8-12-22/h3-12,20H,13-19H2,1-2H3,(H,29,34)(H,30,36). The van der Waals surface area contributed by atoms with Crippen LogP contribution in [0.4, 0.5) is 5.69 Å². The van der Waals surface area contributed by atoms with E-state index in [9.17, 15) is 14.4 Å². The molecule has 1 aliphatic rings. The van der Waals surface area contributed by atoms with Crippen LogP contribution in [-0.2, 0) is 36.0 Å². The summed E-state index contributed by atoms with van der Waals surface area (Å²) in [5.74, 6) is -0.506. The van der Waals surface area contributed by atoms with E-state index in [2.05, 4.69) is 27.9 Å². The predicted octanol–water partition coefficient (Wildman–Crippen LogP) is 3.47. The number of para-hydroxylation sites is 1. The molecule has 3 amide bonds. The molecular weight excluding hydrogens is 454 g/mol. The zero-order chi connectivity index (χ0) is 25.5. The highest BCUT2D eigenvalue weighted by molar-refractivity contribution is 6.04. The Labute approximate surface area is 211 Å². The van der Waals surface area contributed by atoms with Crippen molar-refractivity contribution in [2.45, 2.75) is 51.6 Å². The van der Waals surface area contributed by atoms with E-state index in [4.69, 9.17) is 0 Å². The van der Waals surface area contributed by atoms with Crippen LogP contribution in [-0.4, -0.2) is 45.0 Å². The molecule has 0 spiro atoms. The highest BCUT2D eigenvalue weighted by Crippen LogP contribution is 2.24. The lowest BCUT2D eigenvalue weighted by molar-refractivity contribution is -0.134. The number of carbonyl (C=O) groups excluding carboxylic acids is 3. The molecule has 2 N–H and O–H groups in total. The normalized spacial score (nSPS) is 13.6. The summed E-state index contributed by atoms with van der Waals surface area (Å²) in [5.41, 5.74) is 3.99. The molecule has 1 atom stereocenters. The van der Waals surface area contributed by atoms with E-state index in [-0.39, 0.29) is 36.6 Å². The summed E-state index contributed by atoms with van der Waals surface area (Å²) < 4.78 is 1.72. The Morgan fingerprint density at radius 3 is 2.42 bits per heavy atom. The fourth-order valence-corrected chi connectivity index (χ4v) is 4.53. The van der Waals surface area contributed by atoms with Gasteiger partial charge in [0.15, 0.2) is 5.69 Å². The second-order valence-corrected chi connectivity index (χ2v) is 9.28.